The van der Waals surface area contributed by atoms with Crippen LogP contribution in [0.1, 0.15) is 46.0 Å². The zero-order chi connectivity index (χ0) is 12.5. The van der Waals surface area contributed by atoms with Crippen molar-refractivity contribution in [2.24, 2.45) is 5.92 Å². The van der Waals surface area contributed by atoms with E-state index < -0.39 is 0 Å². The molecule has 17 heavy (non-hydrogen) atoms. The number of ether oxygens (including phenoxy) is 2. The Balaban J connectivity index is 1.90. The van der Waals surface area contributed by atoms with E-state index in [1.807, 2.05) is 7.11 Å². The summed E-state index contributed by atoms with van der Waals surface area (Å²) in [7, 11) is 1.82. The molecule has 3 heteroatoms. The monoisotopic (exact) mass is 243 g/mol. The van der Waals surface area contributed by atoms with E-state index in [4.69, 9.17) is 9.47 Å². The lowest BCUT2D eigenvalue weighted by Crippen LogP contribution is -2.36. The van der Waals surface area contributed by atoms with E-state index in [0.717, 1.165) is 25.7 Å². The number of hydrogen-bond donors (Lipinski definition) is 1. The highest BCUT2D eigenvalue weighted by atomic mass is 16.5. The average Bonchev–Trinajstić information content (AvgIpc) is 2.34. The maximum Gasteiger partial charge on any atom is 0.0591 e. The summed E-state index contributed by atoms with van der Waals surface area (Å²) >= 11 is 0. The summed E-state index contributed by atoms with van der Waals surface area (Å²) in [4.78, 5) is 0. The van der Waals surface area contributed by atoms with Gasteiger partial charge in [-0.2, -0.15) is 0 Å². The van der Waals surface area contributed by atoms with Crippen LogP contribution in [0.25, 0.3) is 0 Å². The number of methoxy groups -OCH3 is 1. The Morgan fingerprint density at radius 1 is 1.12 bits per heavy atom. The predicted molar refractivity (Wildman–Crippen MR) is 71.3 cm³/mol. The molecule has 1 saturated carbocycles. The van der Waals surface area contributed by atoms with E-state index in [1.165, 1.54) is 32.1 Å². The lowest BCUT2D eigenvalue weighted by atomic mass is 9.93. The number of nitrogens with one attached hydrogen (secondary N) is 1. The molecule has 3 nitrogen and oxygen atoms in total. The summed E-state index contributed by atoms with van der Waals surface area (Å²) in [6, 6.07) is 0.676. The van der Waals surface area contributed by atoms with E-state index in [-0.39, 0.29) is 0 Å². The maximum atomic E-state index is 5.59. The SMILES string of the molecule is COC1CCC(NCCOCCC(C)C)CC1. The van der Waals surface area contributed by atoms with Crippen molar-refractivity contribution in [1.82, 2.24) is 5.32 Å². The zero-order valence-electron chi connectivity index (χ0n) is 11.7. The molecule has 1 aliphatic carbocycles. The Kier molecular flexibility index (Phi) is 7.82. The molecule has 0 radical (unpaired) electrons. The molecule has 0 bridgehead atoms. The lowest BCUT2D eigenvalue weighted by Gasteiger charge is -2.28. The fourth-order valence-electron chi connectivity index (χ4n) is 2.26. The van der Waals surface area contributed by atoms with Crippen LogP contribution in [0.4, 0.5) is 0 Å². The predicted octanol–water partition coefficient (Wildman–Crippen LogP) is 2.60. The lowest BCUT2D eigenvalue weighted by molar-refractivity contribution is 0.0604. The average molecular weight is 243 g/mol. The second-order valence-corrected chi connectivity index (χ2v) is 5.46. The van der Waals surface area contributed by atoms with E-state index in [1.54, 1.807) is 0 Å². The molecule has 0 amide bonds. The maximum absolute atomic E-state index is 5.59. The van der Waals surface area contributed by atoms with E-state index >= 15 is 0 Å². The van der Waals surface area contributed by atoms with Gasteiger partial charge in [0.25, 0.3) is 0 Å². The van der Waals surface area contributed by atoms with Crippen molar-refractivity contribution in [3.8, 4) is 0 Å². The summed E-state index contributed by atoms with van der Waals surface area (Å²) in [6.45, 7) is 7.19. The summed E-state index contributed by atoms with van der Waals surface area (Å²) < 4.78 is 11.0. The minimum Gasteiger partial charge on any atom is -0.381 e. The third-order valence-corrected chi connectivity index (χ3v) is 3.53. The Hall–Kier alpha value is -0.120. The first-order chi connectivity index (χ1) is 8.22. The second-order valence-electron chi connectivity index (χ2n) is 5.46. The molecule has 1 N–H and O–H groups in total. The third kappa shape index (κ3) is 7.02. The molecule has 0 aromatic carbocycles. The van der Waals surface area contributed by atoms with Gasteiger partial charge in [-0.1, -0.05) is 13.8 Å². The number of hydrogen-bond acceptors (Lipinski definition) is 3. The van der Waals surface area contributed by atoms with Crippen LogP contribution in [0.3, 0.4) is 0 Å². The van der Waals surface area contributed by atoms with Crippen molar-refractivity contribution in [2.75, 3.05) is 26.9 Å². The van der Waals surface area contributed by atoms with Crippen LogP contribution in [0.15, 0.2) is 0 Å². The van der Waals surface area contributed by atoms with Crippen LogP contribution in [0.2, 0.25) is 0 Å². The van der Waals surface area contributed by atoms with Crippen LogP contribution >= 0.6 is 0 Å². The molecule has 1 rings (SSSR count). The molecule has 0 aromatic heterocycles. The van der Waals surface area contributed by atoms with Gasteiger partial charge in [-0.25, -0.2) is 0 Å². The van der Waals surface area contributed by atoms with Gasteiger partial charge < -0.3 is 14.8 Å². The Morgan fingerprint density at radius 2 is 1.82 bits per heavy atom. The largest absolute Gasteiger partial charge is 0.381 e. The quantitative estimate of drug-likeness (QED) is 0.665. The van der Waals surface area contributed by atoms with Gasteiger partial charge in [0.2, 0.25) is 0 Å². The van der Waals surface area contributed by atoms with Gasteiger partial charge in [0.15, 0.2) is 0 Å². The van der Waals surface area contributed by atoms with Crippen molar-refractivity contribution in [2.45, 2.75) is 58.1 Å². The summed E-state index contributed by atoms with van der Waals surface area (Å²) in [6.07, 6.45) is 6.54. The Morgan fingerprint density at radius 3 is 2.41 bits per heavy atom. The molecule has 0 aromatic rings. The van der Waals surface area contributed by atoms with Gasteiger partial charge in [-0.15, -0.1) is 0 Å². The van der Waals surface area contributed by atoms with Gasteiger partial charge in [0.05, 0.1) is 12.7 Å². The first-order valence-corrected chi connectivity index (χ1v) is 7.06. The molecular formula is C14H29NO2. The van der Waals surface area contributed by atoms with Gasteiger partial charge in [-0.3, -0.25) is 0 Å². The van der Waals surface area contributed by atoms with Crippen LogP contribution in [0, 0.1) is 5.92 Å². The highest BCUT2D eigenvalue weighted by molar-refractivity contribution is 4.77. The summed E-state index contributed by atoms with van der Waals surface area (Å²) in [5.74, 6) is 0.743. The topological polar surface area (TPSA) is 30.5 Å². The first-order valence-electron chi connectivity index (χ1n) is 7.06. The highest BCUT2D eigenvalue weighted by Gasteiger charge is 2.19. The van der Waals surface area contributed by atoms with E-state index in [9.17, 15) is 0 Å². The zero-order valence-corrected chi connectivity index (χ0v) is 11.7. The molecule has 0 unspecified atom stereocenters. The van der Waals surface area contributed by atoms with Crippen molar-refractivity contribution in [1.29, 1.82) is 0 Å². The smallest absolute Gasteiger partial charge is 0.0591 e. The number of rotatable bonds is 8. The molecule has 1 aliphatic rings. The summed E-state index contributed by atoms with van der Waals surface area (Å²) in [5.41, 5.74) is 0. The molecule has 1 fully saturated rings. The standard InChI is InChI=1S/C14H29NO2/c1-12(2)8-10-17-11-9-15-13-4-6-14(16-3)7-5-13/h12-15H,4-11H2,1-3H3. The van der Waals surface area contributed by atoms with E-state index in [2.05, 4.69) is 19.2 Å². The van der Waals surface area contributed by atoms with Gasteiger partial charge >= 0.3 is 0 Å². The fraction of sp³-hybridized carbons (Fsp3) is 1.00. The molecule has 0 heterocycles. The van der Waals surface area contributed by atoms with Crippen LogP contribution in [-0.4, -0.2) is 39.0 Å². The molecule has 0 atom stereocenters. The van der Waals surface area contributed by atoms with Gasteiger partial charge in [-0.05, 0) is 38.0 Å². The summed E-state index contributed by atoms with van der Waals surface area (Å²) in [5, 5.41) is 3.57. The molecular weight excluding hydrogens is 214 g/mol. The Labute approximate surface area is 106 Å². The molecule has 0 saturated heterocycles. The first kappa shape index (κ1) is 14.9. The third-order valence-electron chi connectivity index (χ3n) is 3.53. The van der Waals surface area contributed by atoms with Crippen LogP contribution in [-0.2, 0) is 9.47 Å². The highest BCUT2D eigenvalue weighted by Crippen LogP contribution is 2.20. The fourth-order valence-corrected chi connectivity index (χ4v) is 2.26. The van der Waals surface area contributed by atoms with Crippen LogP contribution < -0.4 is 5.32 Å². The second kappa shape index (κ2) is 8.90. The Bertz CT molecular complexity index is 177. The van der Waals surface area contributed by atoms with Gasteiger partial charge in [0, 0.05) is 26.3 Å². The van der Waals surface area contributed by atoms with Crippen molar-refractivity contribution in [3.63, 3.8) is 0 Å². The minimum absolute atomic E-state index is 0.496. The van der Waals surface area contributed by atoms with E-state index in [0.29, 0.717) is 12.1 Å². The van der Waals surface area contributed by atoms with Crippen molar-refractivity contribution >= 4 is 0 Å². The molecule has 0 spiro atoms. The van der Waals surface area contributed by atoms with Crippen LogP contribution in [0.5, 0.6) is 0 Å². The molecule has 102 valence electrons. The van der Waals surface area contributed by atoms with Crippen molar-refractivity contribution < 1.29 is 9.47 Å². The normalized spacial score (nSPS) is 25.4. The van der Waals surface area contributed by atoms with Crippen molar-refractivity contribution in [3.05, 3.63) is 0 Å². The van der Waals surface area contributed by atoms with Gasteiger partial charge in [0.1, 0.15) is 0 Å². The minimum atomic E-state index is 0.496. The molecule has 0 aliphatic heterocycles.